The summed E-state index contributed by atoms with van der Waals surface area (Å²) in [5.41, 5.74) is 6.71. The summed E-state index contributed by atoms with van der Waals surface area (Å²) >= 11 is 1.53. The number of carbonyl (C=O) groups is 2. The Morgan fingerprint density at radius 3 is 2.41 bits per heavy atom. The van der Waals surface area contributed by atoms with Crippen LogP contribution in [0.25, 0.3) is 0 Å². The molecule has 1 aliphatic heterocycles. The van der Waals surface area contributed by atoms with Crippen LogP contribution in [-0.4, -0.2) is 18.4 Å². The van der Waals surface area contributed by atoms with E-state index in [4.69, 9.17) is 0 Å². The first-order valence-electron chi connectivity index (χ1n) is 9.67. The first kappa shape index (κ1) is 19.4. The smallest absolute Gasteiger partial charge is 0.255 e. The van der Waals surface area contributed by atoms with Crippen molar-refractivity contribution in [3.63, 3.8) is 0 Å². The quantitative estimate of drug-likeness (QED) is 0.609. The number of aryl methyl sites for hydroxylation is 3. The second kappa shape index (κ2) is 7.48. The standard InChI is InChI=1S/C24H24N2O2S/c1-15-8-9-20(17(3)12-15)26-22(27)13-25(21-7-5-6-16(2)18(21)4)24(28)23(26)19-10-11-29-14-19/h5-12,14,23H,13H2,1-4H3/t23-/m0/s1. The van der Waals surface area contributed by atoms with Crippen LogP contribution in [0, 0.1) is 27.7 Å². The lowest BCUT2D eigenvalue weighted by Gasteiger charge is -2.41. The molecule has 0 saturated carbocycles. The molecule has 2 heterocycles. The topological polar surface area (TPSA) is 40.6 Å². The van der Waals surface area contributed by atoms with Gasteiger partial charge in [0.25, 0.3) is 5.91 Å². The highest BCUT2D eigenvalue weighted by molar-refractivity contribution is 7.08. The maximum atomic E-state index is 13.7. The maximum Gasteiger partial charge on any atom is 0.255 e. The minimum absolute atomic E-state index is 0.0388. The number of thiophene rings is 1. The summed E-state index contributed by atoms with van der Waals surface area (Å²) in [4.78, 5) is 30.5. The van der Waals surface area contributed by atoms with Crippen molar-refractivity contribution in [2.75, 3.05) is 16.3 Å². The van der Waals surface area contributed by atoms with Gasteiger partial charge >= 0.3 is 0 Å². The Labute approximate surface area is 175 Å². The summed E-state index contributed by atoms with van der Waals surface area (Å²) in [6, 6.07) is 13.1. The van der Waals surface area contributed by atoms with E-state index in [1.54, 1.807) is 9.80 Å². The summed E-state index contributed by atoms with van der Waals surface area (Å²) in [5, 5.41) is 3.91. The van der Waals surface area contributed by atoms with Crippen molar-refractivity contribution in [2.24, 2.45) is 0 Å². The molecule has 29 heavy (non-hydrogen) atoms. The van der Waals surface area contributed by atoms with Gasteiger partial charge in [0.05, 0.1) is 0 Å². The summed E-state index contributed by atoms with van der Waals surface area (Å²) in [6.45, 7) is 8.07. The molecule has 2 aromatic carbocycles. The van der Waals surface area contributed by atoms with Gasteiger partial charge in [-0.25, -0.2) is 0 Å². The first-order chi connectivity index (χ1) is 13.9. The van der Waals surface area contributed by atoms with E-state index in [1.807, 2.05) is 74.9 Å². The highest BCUT2D eigenvalue weighted by atomic mass is 32.1. The molecule has 1 aromatic heterocycles. The number of anilines is 2. The fourth-order valence-corrected chi connectivity index (χ4v) is 4.67. The van der Waals surface area contributed by atoms with Gasteiger partial charge in [0.1, 0.15) is 12.6 Å². The molecule has 0 radical (unpaired) electrons. The van der Waals surface area contributed by atoms with Crippen LogP contribution in [-0.2, 0) is 9.59 Å². The number of hydrogen-bond donors (Lipinski definition) is 0. The van der Waals surface area contributed by atoms with Gasteiger partial charge in [-0.3, -0.25) is 14.5 Å². The SMILES string of the molecule is Cc1ccc(N2C(=O)CN(c3cccc(C)c3C)C(=O)[C@@H]2c2ccsc2)c(C)c1. The molecule has 4 rings (SSSR count). The number of rotatable bonds is 3. The van der Waals surface area contributed by atoms with Gasteiger partial charge < -0.3 is 4.90 Å². The zero-order chi connectivity index (χ0) is 20.7. The van der Waals surface area contributed by atoms with Crippen molar-refractivity contribution in [3.05, 3.63) is 81.0 Å². The first-order valence-corrected chi connectivity index (χ1v) is 10.6. The number of piperazine rings is 1. The Morgan fingerprint density at radius 1 is 0.931 bits per heavy atom. The number of amides is 2. The molecule has 1 fully saturated rings. The Hall–Kier alpha value is -2.92. The molecular formula is C24H24N2O2S. The van der Waals surface area contributed by atoms with Crippen LogP contribution in [0.15, 0.2) is 53.2 Å². The Kier molecular flexibility index (Phi) is 5.01. The summed E-state index contributed by atoms with van der Waals surface area (Å²) < 4.78 is 0. The molecule has 4 nitrogen and oxygen atoms in total. The Balaban J connectivity index is 1.84. The minimum Gasteiger partial charge on any atom is -0.301 e. The van der Waals surface area contributed by atoms with Crippen LogP contribution >= 0.6 is 11.3 Å². The van der Waals surface area contributed by atoms with Crippen molar-refractivity contribution < 1.29 is 9.59 Å². The molecule has 1 atom stereocenters. The highest BCUT2D eigenvalue weighted by Gasteiger charge is 2.42. The van der Waals surface area contributed by atoms with Crippen molar-refractivity contribution >= 4 is 34.5 Å². The van der Waals surface area contributed by atoms with E-state index in [9.17, 15) is 9.59 Å². The largest absolute Gasteiger partial charge is 0.301 e. The zero-order valence-corrected chi connectivity index (χ0v) is 17.9. The predicted octanol–water partition coefficient (Wildman–Crippen LogP) is 5.10. The molecule has 1 aliphatic rings. The van der Waals surface area contributed by atoms with E-state index in [0.717, 1.165) is 39.2 Å². The Morgan fingerprint density at radius 2 is 1.72 bits per heavy atom. The fourth-order valence-electron chi connectivity index (χ4n) is 3.99. The van der Waals surface area contributed by atoms with Gasteiger partial charge in [-0.2, -0.15) is 11.3 Å². The van der Waals surface area contributed by atoms with Crippen LogP contribution < -0.4 is 9.80 Å². The van der Waals surface area contributed by atoms with Crippen LogP contribution in [0.4, 0.5) is 11.4 Å². The van der Waals surface area contributed by atoms with Gasteiger partial charge in [-0.05, 0) is 78.9 Å². The molecule has 0 spiro atoms. The van der Waals surface area contributed by atoms with E-state index in [0.29, 0.717) is 0 Å². The van der Waals surface area contributed by atoms with Crippen molar-refractivity contribution in [2.45, 2.75) is 33.7 Å². The van der Waals surface area contributed by atoms with E-state index >= 15 is 0 Å². The molecule has 3 aromatic rings. The molecule has 0 unspecified atom stereocenters. The second-order valence-electron chi connectivity index (χ2n) is 7.66. The second-order valence-corrected chi connectivity index (χ2v) is 8.44. The van der Waals surface area contributed by atoms with Crippen molar-refractivity contribution in [3.8, 4) is 0 Å². The zero-order valence-electron chi connectivity index (χ0n) is 17.1. The van der Waals surface area contributed by atoms with Gasteiger partial charge in [0.15, 0.2) is 0 Å². The third-order valence-electron chi connectivity index (χ3n) is 5.66. The average molecular weight is 405 g/mol. The van der Waals surface area contributed by atoms with Gasteiger partial charge in [0.2, 0.25) is 5.91 Å². The van der Waals surface area contributed by atoms with Crippen LogP contribution in [0.3, 0.4) is 0 Å². The molecule has 5 heteroatoms. The fraction of sp³-hybridized carbons (Fsp3) is 0.250. The predicted molar refractivity (Wildman–Crippen MR) is 119 cm³/mol. The summed E-state index contributed by atoms with van der Waals surface area (Å²) in [6.07, 6.45) is 0. The summed E-state index contributed by atoms with van der Waals surface area (Å²) in [7, 11) is 0. The number of benzene rings is 2. The number of nitrogens with zero attached hydrogens (tertiary/aromatic N) is 2. The van der Waals surface area contributed by atoms with Crippen LogP contribution in [0.1, 0.15) is 33.9 Å². The lowest BCUT2D eigenvalue weighted by atomic mass is 9.99. The average Bonchev–Trinajstić information content (AvgIpc) is 3.20. The van der Waals surface area contributed by atoms with Gasteiger partial charge in [0, 0.05) is 11.4 Å². The van der Waals surface area contributed by atoms with Gasteiger partial charge in [-0.15, -0.1) is 0 Å². The van der Waals surface area contributed by atoms with Crippen molar-refractivity contribution in [1.29, 1.82) is 0 Å². The van der Waals surface area contributed by atoms with Gasteiger partial charge in [-0.1, -0.05) is 29.8 Å². The molecular weight excluding hydrogens is 380 g/mol. The highest BCUT2D eigenvalue weighted by Crippen LogP contribution is 2.37. The van der Waals surface area contributed by atoms with Crippen LogP contribution in [0.2, 0.25) is 0 Å². The summed E-state index contributed by atoms with van der Waals surface area (Å²) in [5.74, 6) is -0.148. The number of hydrogen-bond acceptors (Lipinski definition) is 3. The van der Waals surface area contributed by atoms with Crippen LogP contribution in [0.5, 0.6) is 0 Å². The molecule has 0 bridgehead atoms. The number of carbonyl (C=O) groups excluding carboxylic acids is 2. The third-order valence-corrected chi connectivity index (χ3v) is 6.36. The maximum absolute atomic E-state index is 13.7. The monoisotopic (exact) mass is 404 g/mol. The van der Waals surface area contributed by atoms with E-state index < -0.39 is 6.04 Å². The molecule has 2 amide bonds. The Bertz CT molecular complexity index is 1090. The van der Waals surface area contributed by atoms with E-state index in [2.05, 4.69) is 6.07 Å². The molecule has 1 saturated heterocycles. The molecule has 148 valence electrons. The van der Waals surface area contributed by atoms with E-state index in [-0.39, 0.29) is 18.4 Å². The van der Waals surface area contributed by atoms with E-state index in [1.165, 1.54) is 11.3 Å². The van der Waals surface area contributed by atoms with Crippen molar-refractivity contribution in [1.82, 2.24) is 0 Å². The normalized spacial score (nSPS) is 17.2. The third kappa shape index (κ3) is 3.36. The lowest BCUT2D eigenvalue weighted by molar-refractivity contribution is -0.128. The molecule has 0 aliphatic carbocycles. The lowest BCUT2D eigenvalue weighted by Crippen LogP contribution is -2.56. The molecule has 0 N–H and O–H groups in total. The minimum atomic E-state index is -0.663.